The predicted molar refractivity (Wildman–Crippen MR) is 294 cm³/mol. The Morgan fingerprint density at radius 1 is 0.653 bits per heavy atom. The molecule has 4 amide bonds. The van der Waals surface area contributed by atoms with Crippen molar-refractivity contribution in [1.82, 2.24) is 39.7 Å². The van der Waals surface area contributed by atoms with Gasteiger partial charge in [-0.25, -0.2) is 16.8 Å². The van der Waals surface area contributed by atoms with Crippen LogP contribution in [0.25, 0.3) is 10.8 Å². The summed E-state index contributed by atoms with van der Waals surface area (Å²) in [5, 5.41) is 12.9. The van der Waals surface area contributed by atoms with Gasteiger partial charge in [0.1, 0.15) is 12.1 Å². The molecule has 408 valence electrons. The lowest BCUT2D eigenvalue weighted by molar-refractivity contribution is -0.141. The maximum Gasteiger partial charge on any atom is 0.246 e. The van der Waals surface area contributed by atoms with Crippen LogP contribution in [0.3, 0.4) is 0 Å². The van der Waals surface area contributed by atoms with Gasteiger partial charge >= 0.3 is 0 Å². The third kappa shape index (κ3) is 12.8. The van der Waals surface area contributed by atoms with E-state index in [9.17, 15) is 27.6 Å². The summed E-state index contributed by atoms with van der Waals surface area (Å²) in [5.41, 5.74) is -0.0717. The molecule has 0 aromatic heterocycles. The van der Waals surface area contributed by atoms with Crippen molar-refractivity contribution in [2.45, 2.75) is 152 Å². The van der Waals surface area contributed by atoms with Gasteiger partial charge in [0.2, 0.25) is 43.7 Å². The highest BCUT2D eigenvalue weighted by Gasteiger charge is 2.66. The van der Waals surface area contributed by atoms with Crippen LogP contribution in [0, 0.1) is 10.8 Å². The van der Waals surface area contributed by atoms with Gasteiger partial charge in [-0.3, -0.25) is 19.2 Å². The van der Waals surface area contributed by atoms with Gasteiger partial charge in [0.25, 0.3) is 0 Å². The van der Waals surface area contributed by atoms with Crippen LogP contribution >= 0.6 is 0 Å². The fourth-order valence-electron chi connectivity index (χ4n) is 10.7. The molecule has 2 heterocycles. The number of likely N-dealkylation sites (tertiary alicyclic amines) is 2. The quantitative estimate of drug-likeness (QED) is 0.0803. The van der Waals surface area contributed by atoms with E-state index in [0.29, 0.717) is 68.8 Å². The minimum absolute atomic E-state index is 0.0380. The number of carbonyl (C=O) groups excluding carboxylic acids is 4. The van der Waals surface area contributed by atoms with Crippen molar-refractivity contribution in [3.05, 3.63) is 108 Å². The molecular weight excluding hydrogens is 989 g/mol. The zero-order chi connectivity index (χ0) is 54.7. The second kappa shape index (κ2) is 23.2. The molecule has 2 saturated heterocycles. The van der Waals surface area contributed by atoms with Crippen LogP contribution in [0.4, 0.5) is 0 Å². The van der Waals surface area contributed by atoms with Gasteiger partial charge in [-0.2, -0.15) is 8.61 Å². The van der Waals surface area contributed by atoms with Gasteiger partial charge in [0.15, 0.2) is 0 Å². The van der Waals surface area contributed by atoms with Gasteiger partial charge in [-0.05, 0) is 130 Å². The SMILES string of the molecule is CN[C@@H](C)C(=O)N[C@H](C(=O)N1CCC[C@H]1CN(CCc1ccccc1)S(=O)(=O)c1ccc2cc(S(=O)(=O)N(CCc3ccccc3)C3CC34CCCN4C(=O)[C@@H](NC(=O)[C@H](C)NC)C(C)(C)C)ccc2c1)C(C)(C)C. The van der Waals surface area contributed by atoms with E-state index < -0.39 is 72.7 Å². The lowest BCUT2D eigenvalue weighted by Gasteiger charge is -2.37. The normalized spacial score (nSPS) is 20.9. The molecular formula is C57H80N8O8S2. The van der Waals surface area contributed by atoms with Crippen molar-refractivity contribution in [3.63, 3.8) is 0 Å². The maximum absolute atomic E-state index is 15.2. The molecule has 0 bridgehead atoms. The largest absolute Gasteiger partial charge is 0.342 e. The van der Waals surface area contributed by atoms with Crippen LogP contribution in [0.2, 0.25) is 0 Å². The Bertz CT molecular complexity index is 2910. The Morgan fingerprint density at radius 3 is 1.65 bits per heavy atom. The lowest BCUT2D eigenvalue weighted by Crippen LogP contribution is -2.59. The molecule has 1 saturated carbocycles. The number of carbonyl (C=O) groups is 4. The highest BCUT2D eigenvalue weighted by Crippen LogP contribution is 2.54. The van der Waals surface area contributed by atoms with E-state index in [4.69, 9.17) is 0 Å². The Balaban J connectivity index is 1.17. The molecule has 1 aliphatic carbocycles. The Kier molecular flexibility index (Phi) is 17.7. The summed E-state index contributed by atoms with van der Waals surface area (Å²) in [6.07, 6.45) is 3.90. The van der Waals surface area contributed by atoms with Crippen molar-refractivity contribution >= 4 is 54.4 Å². The molecule has 3 fully saturated rings. The number of sulfonamides is 2. The van der Waals surface area contributed by atoms with E-state index in [1.165, 1.54) is 16.4 Å². The van der Waals surface area contributed by atoms with Crippen molar-refractivity contribution in [2.75, 3.05) is 46.8 Å². The molecule has 3 aliphatic rings. The number of amides is 4. The van der Waals surface area contributed by atoms with Crippen molar-refractivity contribution in [3.8, 4) is 0 Å². The van der Waals surface area contributed by atoms with Gasteiger partial charge < -0.3 is 31.1 Å². The van der Waals surface area contributed by atoms with Gasteiger partial charge in [0.05, 0.1) is 33.5 Å². The molecule has 7 atom stereocenters. The number of nitrogens with zero attached hydrogens (tertiary/aromatic N) is 4. The molecule has 2 aliphatic heterocycles. The summed E-state index contributed by atoms with van der Waals surface area (Å²) >= 11 is 0. The lowest BCUT2D eigenvalue weighted by atomic mass is 9.85. The Hall–Kier alpha value is -5.24. The number of benzene rings is 4. The molecule has 16 nitrogen and oxygen atoms in total. The first kappa shape index (κ1) is 57.5. The zero-order valence-electron chi connectivity index (χ0n) is 45.6. The molecule has 1 spiro atoms. The fraction of sp³-hybridized carbons (Fsp3) is 0.544. The highest BCUT2D eigenvalue weighted by molar-refractivity contribution is 7.89. The minimum Gasteiger partial charge on any atom is -0.342 e. The first-order chi connectivity index (χ1) is 35.3. The van der Waals surface area contributed by atoms with Crippen LogP contribution in [-0.4, -0.2) is 147 Å². The summed E-state index contributed by atoms with van der Waals surface area (Å²) in [5.74, 6) is -1.07. The second-order valence-corrected chi connectivity index (χ2v) is 26.8. The summed E-state index contributed by atoms with van der Waals surface area (Å²) in [6.45, 7) is 16.1. The third-order valence-electron chi connectivity index (χ3n) is 15.7. The van der Waals surface area contributed by atoms with Crippen molar-refractivity contribution < 1.29 is 36.0 Å². The monoisotopic (exact) mass is 1070 g/mol. The third-order valence-corrected chi connectivity index (χ3v) is 19.4. The number of nitrogens with one attached hydrogen (secondary N) is 4. The summed E-state index contributed by atoms with van der Waals surface area (Å²) in [6, 6.07) is 25.1. The molecule has 75 heavy (non-hydrogen) atoms. The molecule has 4 aromatic carbocycles. The van der Waals surface area contributed by atoms with E-state index in [-0.39, 0.29) is 53.1 Å². The summed E-state index contributed by atoms with van der Waals surface area (Å²) in [7, 11) is -5.03. The Labute approximate surface area is 445 Å². The molecule has 18 heteroatoms. The molecule has 0 radical (unpaired) electrons. The minimum atomic E-state index is -4.20. The average molecular weight is 1070 g/mol. The van der Waals surface area contributed by atoms with Gasteiger partial charge in [0, 0.05) is 38.8 Å². The average Bonchev–Trinajstić information content (AvgIpc) is 3.64. The van der Waals surface area contributed by atoms with E-state index in [2.05, 4.69) is 21.3 Å². The molecule has 4 N–H and O–H groups in total. The maximum atomic E-state index is 15.2. The van der Waals surface area contributed by atoms with Gasteiger partial charge in [-0.15, -0.1) is 0 Å². The van der Waals surface area contributed by atoms with Gasteiger partial charge in [-0.1, -0.05) is 114 Å². The first-order valence-electron chi connectivity index (χ1n) is 26.5. The second-order valence-electron chi connectivity index (χ2n) is 23.0. The van der Waals surface area contributed by atoms with E-state index in [1.54, 1.807) is 61.4 Å². The number of hydrogen-bond acceptors (Lipinski definition) is 10. The summed E-state index contributed by atoms with van der Waals surface area (Å²) in [4.78, 5) is 59.0. The zero-order valence-corrected chi connectivity index (χ0v) is 47.2. The van der Waals surface area contributed by atoms with Crippen LogP contribution in [-0.2, 0) is 52.1 Å². The number of fused-ring (bicyclic) bond motifs is 1. The number of hydrogen-bond donors (Lipinski definition) is 4. The van der Waals surface area contributed by atoms with Crippen LogP contribution < -0.4 is 21.3 Å². The Morgan fingerprint density at radius 2 is 1.15 bits per heavy atom. The number of rotatable bonds is 21. The first-order valence-corrected chi connectivity index (χ1v) is 29.4. The van der Waals surface area contributed by atoms with Crippen LogP contribution in [0.15, 0.2) is 107 Å². The van der Waals surface area contributed by atoms with Crippen molar-refractivity contribution in [2.24, 2.45) is 10.8 Å². The fourth-order valence-corrected chi connectivity index (χ4v) is 14.0. The van der Waals surface area contributed by atoms with Crippen LogP contribution in [0.1, 0.15) is 98.6 Å². The molecule has 4 aromatic rings. The standard InChI is InChI=1S/C57H80N8O8S2/c1-39(58-9)51(66)60-49(55(3,4)5)53(68)63-31-17-23-45(63)38-62(33-28-41-19-13-11-14-20-41)74(70,71)46-26-24-44-36-47(27-25-43(44)35-46)75(72,73)65(34-29-42-21-15-12-16-22-42)48-37-57(48)30-18-32-64(57)54(69)50(56(6,7)8)61-52(67)40(2)59-10/h11-16,19-22,24-27,35-36,39-40,45,48-50,58-59H,17-18,23,28-34,37-38H2,1-10H3,(H,60,66)(H,61,67)/t39-,40-,45-,48?,49+,50+,57?/m0/s1. The van der Waals surface area contributed by atoms with Crippen molar-refractivity contribution in [1.29, 1.82) is 0 Å². The number of likely N-dealkylation sites (N-methyl/N-ethyl adjacent to an activating group) is 2. The topological polar surface area (TPSA) is 198 Å². The molecule has 7 rings (SSSR count). The van der Waals surface area contributed by atoms with E-state index in [0.717, 1.165) is 11.1 Å². The highest BCUT2D eigenvalue weighted by atomic mass is 32.2. The predicted octanol–water partition coefficient (Wildman–Crippen LogP) is 5.71. The van der Waals surface area contributed by atoms with E-state index in [1.807, 2.05) is 107 Å². The van der Waals surface area contributed by atoms with E-state index >= 15 is 8.42 Å². The molecule has 2 unspecified atom stereocenters. The summed E-state index contributed by atoms with van der Waals surface area (Å²) < 4.78 is 63.4. The smallest absolute Gasteiger partial charge is 0.246 e. The van der Waals surface area contributed by atoms with Crippen LogP contribution in [0.5, 0.6) is 0 Å².